The highest BCUT2D eigenvalue weighted by atomic mass is 32.1. The van der Waals surface area contributed by atoms with Gasteiger partial charge in [-0.2, -0.15) is 5.26 Å². The number of nitriles is 1. The molecule has 1 aromatic heterocycles. The number of rotatable bonds is 5. The number of hydrogen-bond donors (Lipinski definition) is 0. The van der Waals surface area contributed by atoms with Crippen LogP contribution in [0.1, 0.15) is 48.8 Å². The lowest BCUT2D eigenvalue weighted by Gasteiger charge is -2.33. The van der Waals surface area contributed by atoms with Gasteiger partial charge in [-0.1, -0.05) is 20.8 Å². The van der Waals surface area contributed by atoms with Crippen LogP contribution in [0.2, 0.25) is 0 Å². The molecule has 1 atom stereocenters. The van der Waals surface area contributed by atoms with E-state index in [-0.39, 0.29) is 16.9 Å². The fraction of sp³-hybridized carbons (Fsp3) is 0.455. The molecule has 1 aromatic carbocycles. The summed E-state index contributed by atoms with van der Waals surface area (Å²) in [6.07, 6.45) is 4.39. The maximum atomic E-state index is 11.3. The molecule has 1 aliphatic rings. The van der Waals surface area contributed by atoms with Crippen LogP contribution in [0.5, 0.6) is 11.5 Å². The number of nitro groups is 1. The van der Waals surface area contributed by atoms with E-state index in [4.69, 9.17) is 9.47 Å². The van der Waals surface area contributed by atoms with Crippen LogP contribution in [0.15, 0.2) is 17.1 Å². The molecular weight excluding hydrogens is 402 g/mol. The summed E-state index contributed by atoms with van der Waals surface area (Å²) in [4.78, 5) is 16.5. The molecule has 8 heteroatoms. The summed E-state index contributed by atoms with van der Waals surface area (Å²) in [5.41, 5.74) is 2.22. The van der Waals surface area contributed by atoms with Gasteiger partial charge in [-0.05, 0) is 36.2 Å². The maximum Gasteiger partial charge on any atom is 0.274 e. The van der Waals surface area contributed by atoms with E-state index < -0.39 is 4.92 Å². The second-order valence-corrected chi connectivity index (χ2v) is 9.47. The van der Waals surface area contributed by atoms with Crippen LogP contribution in [0.25, 0.3) is 0 Å². The number of ether oxygens (including phenoxy) is 2. The molecule has 7 nitrogen and oxygen atoms in total. The van der Waals surface area contributed by atoms with Gasteiger partial charge in [-0.3, -0.25) is 10.1 Å². The Morgan fingerprint density at radius 1 is 1.33 bits per heavy atom. The van der Waals surface area contributed by atoms with Gasteiger partial charge in [0.05, 0.1) is 30.8 Å². The fourth-order valence-corrected chi connectivity index (χ4v) is 5.05. The molecule has 0 saturated heterocycles. The Hall–Kier alpha value is -2.92. The van der Waals surface area contributed by atoms with E-state index in [0.29, 0.717) is 27.8 Å². The summed E-state index contributed by atoms with van der Waals surface area (Å²) < 4.78 is 10.6. The van der Waals surface area contributed by atoms with Gasteiger partial charge in [-0.15, -0.1) is 11.3 Å². The van der Waals surface area contributed by atoms with E-state index in [2.05, 4.69) is 31.8 Å². The summed E-state index contributed by atoms with van der Waals surface area (Å²) in [5.74, 6) is 1.18. The van der Waals surface area contributed by atoms with Gasteiger partial charge in [0, 0.05) is 22.7 Å². The first-order chi connectivity index (χ1) is 14.2. The van der Waals surface area contributed by atoms with Crippen molar-refractivity contribution in [1.29, 1.82) is 5.26 Å². The molecule has 0 unspecified atom stereocenters. The molecule has 3 rings (SSSR count). The van der Waals surface area contributed by atoms with Crippen molar-refractivity contribution >= 4 is 28.2 Å². The van der Waals surface area contributed by atoms with Crippen molar-refractivity contribution in [3.8, 4) is 17.6 Å². The predicted octanol–water partition coefficient (Wildman–Crippen LogP) is 5.45. The topological polar surface area (TPSA) is 97.8 Å². The van der Waals surface area contributed by atoms with Gasteiger partial charge >= 0.3 is 0 Å². The summed E-state index contributed by atoms with van der Waals surface area (Å²) in [6, 6.07) is 5.01. The van der Waals surface area contributed by atoms with E-state index in [1.807, 2.05) is 0 Å². The van der Waals surface area contributed by atoms with Gasteiger partial charge in [0.15, 0.2) is 11.5 Å². The van der Waals surface area contributed by atoms with Crippen molar-refractivity contribution in [1.82, 2.24) is 0 Å². The molecule has 0 bridgehead atoms. The summed E-state index contributed by atoms with van der Waals surface area (Å²) in [7, 11) is 2.90. The molecule has 1 aliphatic carbocycles. The van der Waals surface area contributed by atoms with Gasteiger partial charge in [0.2, 0.25) is 0 Å². The average molecular weight is 428 g/mol. The lowest BCUT2D eigenvalue weighted by Crippen LogP contribution is -2.26. The standard InChI is InChI=1S/C22H25N3O4S/c1-22(2,3)14-6-7-16-17(11-23)21(30-19(16)9-14)24-12-13-8-15(25(26)27)10-18(28-4)20(13)29-5/h8,10,12,14H,6-7,9H2,1-5H3/t14-/m0/s1. The molecule has 0 N–H and O–H groups in total. The van der Waals surface area contributed by atoms with Crippen LogP contribution in [0, 0.1) is 32.8 Å². The zero-order chi connectivity index (χ0) is 22.1. The highest BCUT2D eigenvalue weighted by Gasteiger charge is 2.32. The fourth-order valence-electron chi connectivity index (χ4n) is 3.83. The smallest absolute Gasteiger partial charge is 0.274 e. The van der Waals surface area contributed by atoms with Crippen LogP contribution < -0.4 is 9.47 Å². The van der Waals surface area contributed by atoms with Gasteiger partial charge < -0.3 is 9.47 Å². The largest absolute Gasteiger partial charge is 0.493 e. The number of thiophene rings is 1. The molecular formula is C22H25N3O4S. The van der Waals surface area contributed by atoms with E-state index in [0.717, 1.165) is 24.8 Å². The Labute approximate surface area is 180 Å². The number of benzene rings is 1. The molecule has 0 aliphatic heterocycles. The molecule has 158 valence electrons. The van der Waals surface area contributed by atoms with E-state index in [9.17, 15) is 15.4 Å². The Balaban J connectivity index is 2.02. The highest BCUT2D eigenvalue weighted by molar-refractivity contribution is 7.16. The zero-order valence-corrected chi connectivity index (χ0v) is 18.6. The Morgan fingerprint density at radius 2 is 2.07 bits per heavy atom. The number of nitro benzene ring substituents is 1. The third-order valence-corrected chi connectivity index (χ3v) is 6.77. The van der Waals surface area contributed by atoms with Gasteiger partial charge in [0.25, 0.3) is 5.69 Å². The quantitative estimate of drug-likeness (QED) is 0.359. The Bertz CT molecular complexity index is 1040. The van der Waals surface area contributed by atoms with Gasteiger partial charge in [-0.25, -0.2) is 4.99 Å². The van der Waals surface area contributed by atoms with Crippen LogP contribution in [0.3, 0.4) is 0 Å². The van der Waals surface area contributed by atoms with Crippen LogP contribution in [-0.2, 0) is 12.8 Å². The lowest BCUT2D eigenvalue weighted by molar-refractivity contribution is -0.385. The third-order valence-electron chi connectivity index (χ3n) is 5.61. The minimum absolute atomic E-state index is 0.118. The molecule has 1 heterocycles. The predicted molar refractivity (Wildman–Crippen MR) is 117 cm³/mol. The SMILES string of the molecule is COc1cc([N+](=O)[O-])cc(C=Nc2sc3c(c2C#N)CC[C@H](C(C)(C)C)C3)c1OC. The van der Waals surface area contributed by atoms with Crippen molar-refractivity contribution in [2.45, 2.75) is 40.0 Å². The highest BCUT2D eigenvalue weighted by Crippen LogP contribution is 2.45. The molecule has 0 amide bonds. The second-order valence-electron chi connectivity index (χ2n) is 8.39. The second kappa shape index (κ2) is 8.44. The minimum Gasteiger partial charge on any atom is -0.493 e. The first-order valence-corrected chi connectivity index (χ1v) is 10.5. The monoisotopic (exact) mass is 427 g/mol. The van der Waals surface area contributed by atoms with Crippen molar-refractivity contribution in [2.24, 2.45) is 16.3 Å². The van der Waals surface area contributed by atoms with Crippen molar-refractivity contribution in [3.05, 3.63) is 43.8 Å². The first-order valence-electron chi connectivity index (χ1n) is 9.68. The van der Waals surface area contributed by atoms with Crippen LogP contribution in [-0.4, -0.2) is 25.4 Å². The first kappa shape index (κ1) is 21.8. The van der Waals surface area contributed by atoms with Crippen molar-refractivity contribution < 1.29 is 14.4 Å². The summed E-state index contributed by atoms with van der Waals surface area (Å²) in [6.45, 7) is 6.76. The molecule has 0 saturated carbocycles. The molecule has 30 heavy (non-hydrogen) atoms. The number of non-ortho nitro benzene ring substituents is 1. The number of nitrogens with zero attached hydrogens (tertiary/aromatic N) is 3. The van der Waals surface area contributed by atoms with E-state index in [1.165, 1.54) is 48.8 Å². The zero-order valence-electron chi connectivity index (χ0n) is 17.8. The Kier molecular flexibility index (Phi) is 6.13. The summed E-state index contributed by atoms with van der Waals surface area (Å²) in [5, 5.41) is 21.6. The summed E-state index contributed by atoms with van der Waals surface area (Å²) >= 11 is 1.53. The van der Waals surface area contributed by atoms with E-state index >= 15 is 0 Å². The number of aliphatic imine (C=N–C) groups is 1. The Morgan fingerprint density at radius 3 is 2.63 bits per heavy atom. The molecule has 2 aromatic rings. The lowest BCUT2D eigenvalue weighted by atomic mass is 9.72. The molecule has 0 radical (unpaired) electrons. The van der Waals surface area contributed by atoms with Crippen molar-refractivity contribution in [3.63, 3.8) is 0 Å². The normalized spacial score (nSPS) is 16.2. The third kappa shape index (κ3) is 4.17. The number of methoxy groups -OCH3 is 2. The number of hydrogen-bond acceptors (Lipinski definition) is 7. The average Bonchev–Trinajstić information content (AvgIpc) is 3.07. The maximum absolute atomic E-state index is 11.3. The van der Waals surface area contributed by atoms with Crippen LogP contribution >= 0.6 is 11.3 Å². The van der Waals surface area contributed by atoms with Gasteiger partial charge in [0.1, 0.15) is 11.1 Å². The minimum atomic E-state index is -0.490. The molecule has 0 fully saturated rings. The molecule has 0 spiro atoms. The van der Waals surface area contributed by atoms with E-state index in [1.54, 1.807) is 0 Å². The number of fused-ring (bicyclic) bond motifs is 1. The van der Waals surface area contributed by atoms with Crippen molar-refractivity contribution in [2.75, 3.05) is 14.2 Å². The van der Waals surface area contributed by atoms with Crippen LogP contribution in [0.4, 0.5) is 10.7 Å².